The average Bonchev–Trinajstić information content (AvgIpc) is 3.16. The van der Waals surface area contributed by atoms with Gasteiger partial charge in [-0.1, -0.05) is 12.1 Å². The van der Waals surface area contributed by atoms with Crippen LogP contribution < -0.4 is 19.7 Å². The van der Waals surface area contributed by atoms with Crippen molar-refractivity contribution in [3.8, 4) is 17.2 Å². The van der Waals surface area contributed by atoms with Crippen molar-refractivity contribution >= 4 is 23.2 Å². The van der Waals surface area contributed by atoms with Gasteiger partial charge in [-0.15, -0.1) is 8.78 Å². The number of anilines is 1. The van der Waals surface area contributed by atoms with E-state index in [2.05, 4.69) is 19.8 Å². The molecule has 0 fully saturated rings. The number of phenols is 1. The minimum absolute atomic E-state index is 0.00456. The summed E-state index contributed by atoms with van der Waals surface area (Å²) in [6.07, 6.45) is -0.456. The Hall–Kier alpha value is -4.54. The standard InChI is InChI=1S/C25H22F2N4O5/c1-2-31(16-8-9-20-21(12-16)36-25(26,27)35-20)22(33)14-30-24(34)17-6-3-7-19(32)23(17)18(28)11-15-5-4-10-29-13-15/h3-10,12-13,28,32H,2,11,14H2,1H3,(H,30,34). The summed E-state index contributed by atoms with van der Waals surface area (Å²) in [5.74, 6) is -1.76. The van der Waals surface area contributed by atoms with Crippen LogP contribution in [0.3, 0.4) is 0 Å². The molecule has 0 aliphatic carbocycles. The maximum atomic E-state index is 13.3. The van der Waals surface area contributed by atoms with Crippen LogP contribution in [0.5, 0.6) is 17.2 Å². The second kappa shape index (κ2) is 9.98. The van der Waals surface area contributed by atoms with Crippen LogP contribution in [-0.4, -0.2) is 47.0 Å². The Kier molecular flexibility index (Phi) is 6.82. The van der Waals surface area contributed by atoms with Crippen molar-refractivity contribution in [3.63, 3.8) is 0 Å². The van der Waals surface area contributed by atoms with Gasteiger partial charge in [0, 0.05) is 42.8 Å². The van der Waals surface area contributed by atoms with Gasteiger partial charge in [-0.2, -0.15) is 0 Å². The molecular weight excluding hydrogens is 474 g/mol. The van der Waals surface area contributed by atoms with E-state index < -0.39 is 24.7 Å². The number of hydrogen-bond acceptors (Lipinski definition) is 7. The molecule has 9 nitrogen and oxygen atoms in total. The van der Waals surface area contributed by atoms with Crippen LogP contribution in [0.1, 0.15) is 28.4 Å². The van der Waals surface area contributed by atoms with Gasteiger partial charge in [0.1, 0.15) is 5.75 Å². The molecule has 2 heterocycles. The average molecular weight is 496 g/mol. The molecule has 1 aliphatic rings. The van der Waals surface area contributed by atoms with E-state index in [1.807, 2.05) is 0 Å². The molecule has 3 N–H and O–H groups in total. The summed E-state index contributed by atoms with van der Waals surface area (Å²) >= 11 is 0. The fourth-order valence-corrected chi connectivity index (χ4v) is 3.80. The normalized spacial score (nSPS) is 13.2. The molecule has 2 aromatic carbocycles. The van der Waals surface area contributed by atoms with Gasteiger partial charge in [-0.05, 0) is 42.8 Å². The van der Waals surface area contributed by atoms with Crippen LogP contribution in [0, 0.1) is 5.41 Å². The van der Waals surface area contributed by atoms with Crippen LogP contribution in [0.25, 0.3) is 0 Å². The molecular formula is C25H22F2N4O5. The van der Waals surface area contributed by atoms with Gasteiger partial charge in [0.15, 0.2) is 11.5 Å². The molecule has 0 unspecified atom stereocenters. The SMILES string of the molecule is CCN(C(=O)CNC(=O)c1cccc(O)c1C(=N)Cc1cccnc1)c1ccc2c(c1)OC(F)(F)O2. The van der Waals surface area contributed by atoms with Gasteiger partial charge < -0.3 is 30.2 Å². The van der Waals surface area contributed by atoms with Crippen molar-refractivity contribution in [1.29, 1.82) is 5.41 Å². The Bertz CT molecular complexity index is 1320. The molecule has 11 heteroatoms. The first-order chi connectivity index (χ1) is 17.2. The Labute approximate surface area is 204 Å². The summed E-state index contributed by atoms with van der Waals surface area (Å²) < 4.78 is 35.4. The molecule has 36 heavy (non-hydrogen) atoms. The molecule has 4 rings (SSSR count). The van der Waals surface area contributed by atoms with E-state index in [9.17, 15) is 23.5 Å². The van der Waals surface area contributed by atoms with Crippen molar-refractivity contribution in [2.45, 2.75) is 19.6 Å². The molecule has 0 bridgehead atoms. The predicted molar refractivity (Wildman–Crippen MR) is 126 cm³/mol. The van der Waals surface area contributed by atoms with Crippen LogP contribution in [0.4, 0.5) is 14.5 Å². The topological polar surface area (TPSA) is 125 Å². The van der Waals surface area contributed by atoms with Gasteiger partial charge in [0.05, 0.1) is 17.7 Å². The number of hydrogen-bond donors (Lipinski definition) is 3. The van der Waals surface area contributed by atoms with Crippen LogP contribution in [-0.2, 0) is 11.2 Å². The predicted octanol–water partition coefficient (Wildman–Crippen LogP) is 3.50. The van der Waals surface area contributed by atoms with Crippen molar-refractivity contribution in [2.24, 2.45) is 0 Å². The van der Waals surface area contributed by atoms with E-state index in [0.717, 1.165) is 5.56 Å². The number of amides is 2. The number of benzene rings is 2. The van der Waals surface area contributed by atoms with Crippen molar-refractivity contribution in [2.75, 3.05) is 18.0 Å². The van der Waals surface area contributed by atoms with E-state index >= 15 is 0 Å². The monoisotopic (exact) mass is 496 g/mol. The molecule has 2 amide bonds. The largest absolute Gasteiger partial charge is 0.586 e. The van der Waals surface area contributed by atoms with E-state index in [1.54, 1.807) is 31.5 Å². The van der Waals surface area contributed by atoms with Gasteiger partial charge >= 0.3 is 6.29 Å². The lowest BCUT2D eigenvalue weighted by Crippen LogP contribution is -2.40. The molecule has 0 spiro atoms. The number of likely N-dealkylation sites (N-methyl/N-ethyl adjacent to an activating group) is 1. The fraction of sp³-hybridized carbons (Fsp3) is 0.200. The highest BCUT2D eigenvalue weighted by Gasteiger charge is 2.43. The Balaban J connectivity index is 1.46. The second-order valence-corrected chi connectivity index (χ2v) is 7.84. The number of fused-ring (bicyclic) bond motifs is 1. The van der Waals surface area contributed by atoms with Crippen molar-refractivity contribution < 1.29 is 33.0 Å². The summed E-state index contributed by atoms with van der Waals surface area (Å²) in [6.45, 7) is 1.46. The molecule has 1 aliphatic heterocycles. The summed E-state index contributed by atoms with van der Waals surface area (Å²) in [5, 5.41) is 21.3. The maximum Gasteiger partial charge on any atom is 0.586 e. The summed E-state index contributed by atoms with van der Waals surface area (Å²) in [4.78, 5) is 31.1. The zero-order chi connectivity index (χ0) is 25.9. The number of halogens is 2. The molecule has 0 atom stereocenters. The second-order valence-electron chi connectivity index (χ2n) is 7.84. The number of pyridine rings is 1. The Morgan fingerprint density at radius 3 is 2.64 bits per heavy atom. The third kappa shape index (κ3) is 5.24. The molecule has 186 valence electrons. The van der Waals surface area contributed by atoms with E-state index in [1.165, 1.54) is 41.3 Å². The minimum atomic E-state index is -3.78. The van der Waals surface area contributed by atoms with Crippen LogP contribution in [0.2, 0.25) is 0 Å². The minimum Gasteiger partial charge on any atom is -0.507 e. The lowest BCUT2D eigenvalue weighted by Gasteiger charge is -2.21. The molecule has 0 saturated heterocycles. The third-order valence-corrected chi connectivity index (χ3v) is 5.41. The number of aromatic hydroxyl groups is 1. The highest BCUT2D eigenvalue weighted by molar-refractivity contribution is 6.12. The number of nitrogens with one attached hydrogen (secondary N) is 2. The van der Waals surface area contributed by atoms with Crippen LogP contribution in [0.15, 0.2) is 60.9 Å². The van der Waals surface area contributed by atoms with Crippen LogP contribution >= 0.6 is 0 Å². The lowest BCUT2D eigenvalue weighted by atomic mass is 9.97. The Morgan fingerprint density at radius 1 is 1.14 bits per heavy atom. The quantitative estimate of drug-likeness (QED) is 0.410. The smallest absolute Gasteiger partial charge is 0.507 e. The van der Waals surface area contributed by atoms with Gasteiger partial charge in [-0.3, -0.25) is 14.6 Å². The first kappa shape index (κ1) is 24.6. The number of aromatic nitrogens is 1. The first-order valence-corrected chi connectivity index (χ1v) is 11.0. The lowest BCUT2D eigenvalue weighted by molar-refractivity contribution is -0.286. The fourth-order valence-electron chi connectivity index (χ4n) is 3.80. The van der Waals surface area contributed by atoms with E-state index in [-0.39, 0.29) is 52.7 Å². The number of ether oxygens (including phenoxy) is 2. The molecule has 0 radical (unpaired) electrons. The summed E-state index contributed by atoms with van der Waals surface area (Å²) in [7, 11) is 0. The number of carbonyl (C=O) groups is 2. The summed E-state index contributed by atoms with van der Waals surface area (Å²) in [6, 6.07) is 11.7. The molecule has 0 saturated carbocycles. The number of nitrogens with zero attached hydrogens (tertiary/aromatic N) is 2. The summed E-state index contributed by atoms with van der Waals surface area (Å²) in [5.41, 5.74) is 1.10. The number of carbonyl (C=O) groups excluding carboxylic acids is 2. The maximum absolute atomic E-state index is 13.3. The van der Waals surface area contributed by atoms with Crippen molar-refractivity contribution in [3.05, 3.63) is 77.6 Å². The Morgan fingerprint density at radius 2 is 1.92 bits per heavy atom. The van der Waals surface area contributed by atoms with E-state index in [4.69, 9.17) is 5.41 Å². The number of alkyl halides is 2. The van der Waals surface area contributed by atoms with Gasteiger partial charge in [0.25, 0.3) is 5.91 Å². The zero-order valence-electron chi connectivity index (χ0n) is 19.1. The highest BCUT2D eigenvalue weighted by atomic mass is 19.3. The molecule has 3 aromatic rings. The van der Waals surface area contributed by atoms with Gasteiger partial charge in [0.2, 0.25) is 5.91 Å². The zero-order valence-corrected chi connectivity index (χ0v) is 19.1. The third-order valence-electron chi connectivity index (χ3n) is 5.41. The van der Waals surface area contributed by atoms with Gasteiger partial charge in [-0.25, -0.2) is 0 Å². The highest BCUT2D eigenvalue weighted by Crippen LogP contribution is 2.42. The number of phenolic OH excluding ortho intramolecular Hbond substituents is 1. The molecule has 1 aromatic heterocycles. The van der Waals surface area contributed by atoms with E-state index in [0.29, 0.717) is 0 Å². The first-order valence-electron chi connectivity index (χ1n) is 11.0. The van der Waals surface area contributed by atoms with Crippen molar-refractivity contribution in [1.82, 2.24) is 10.3 Å². The number of rotatable bonds is 8.